The Labute approximate surface area is 158 Å². The number of amides is 3. The van der Waals surface area contributed by atoms with Crippen molar-refractivity contribution in [2.24, 2.45) is 0 Å². The molecule has 1 fully saturated rings. The molecule has 1 unspecified atom stereocenters. The zero-order valence-corrected chi connectivity index (χ0v) is 15.9. The Balaban J connectivity index is 1.89. The van der Waals surface area contributed by atoms with Crippen molar-refractivity contribution in [2.75, 3.05) is 19.8 Å². The smallest absolute Gasteiger partial charge is 0.338 e. The number of carbonyl (C=O) groups is 3. The van der Waals surface area contributed by atoms with Crippen molar-refractivity contribution < 1.29 is 29.0 Å². The quantitative estimate of drug-likeness (QED) is 0.501. The summed E-state index contributed by atoms with van der Waals surface area (Å²) >= 11 is 0. The molecule has 8 nitrogen and oxygen atoms in total. The molecule has 2 N–H and O–H groups in total. The van der Waals surface area contributed by atoms with E-state index in [0.29, 0.717) is 30.8 Å². The van der Waals surface area contributed by atoms with Crippen LogP contribution >= 0.6 is 0 Å². The maximum Gasteiger partial charge on any atom is 0.338 e. The summed E-state index contributed by atoms with van der Waals surface area (Å²) in [5.41, 5.74) is -0.486. The first-order chi connectivity index (χ1) is 12.9. The number of imide groups is 1. The van der Waals surface area contributed by atoms with Crippen molar-refractivity contribution in [3.05, 3.63) is 29.8 Å². The molecule has 1 aliphatic heterocycles. The number of hydrogen-bond donors (Lipinski definition) is 2. The molecule has 0 aromatic heterocycles. The van der Waals surface area contributed by atoms with E-state index in [-0.39, 0.29) is 19.1 Å². The Bertz CT molecular complexity index is 684. The van der Waals surface area contributed by atoms with Crippen LogP contribution in [0.2, 0.25) is 0 Å². The van der Waals surface area contributed by atoms with E-state index < -0.39 is 23.6 Å². The van der Waals surface area contributed by atoms with Crippen molar-refractivity contribution in [2.45, 2.75) is 45.3 Å². The lowest BCUT2D eigenvalue weighted by Crippen LogP contribution is -2.46. The summed E-state index contributed by atoms with van der Waals surface area (Å²) in [7, 11) is 0. The van der Waals surface area contributed by atoms with Gasteiger partial charge in [-0.15, -0.1) is 0 Å². The van der Waals surface area contributed by atoms with E-state index in [0.717, 1.165) is 4.90 Å². The lowest BCUT2D eigenvalue weighted by atomic mass is 9.93. The molecule has 0 radical (unpaired) electrons. The minimum Gasteiger partial charge on any atom is -0.491 e. The van der Waals surface area contributed by atoms with Gasteiger partial charge in [-0.1, -0.05) is 13.8 Å². The minimum absolute atomic E-state index is 0.0962. The third-order valence-corrected chi connectivity index (χ3v) is 4.65. The molecular weight excluding hydrogens is 352 g/mol. The zero-order chi connectivity index (χ0) is 20.0. The van der Waals surface area contributed by atoms with Crippen molar-refractivity contribution in [3.63, 3.8) is 0 Å². The molecule has 1 aromatic carbocycles. The molecule has 27 heavy (non-hydrogen) atoms. The van der Waals surface area contributed by atoms with Gasteiger partial charge in [-0.2, -0.15) is 0 Å². The van der Waals surface area contributed by atoms with Gasteiger partial charge in [-0.3, -0.25) is 9.69 Å². The van der Waals surface area contributed by atoms with Crippen LogP contribution in [0.25, 0.3) is 0 Å². The number of ether oxygens (including phenoxy) is 2. The Morgan fingerprint density at radius 3 is 2.33 bits per heavy atom. The molecule has 1 atom stereocenters. The lowest BCUT2D eigenvalue weighted by molar-refractivity contribution is -0.132. The van der Waals surface area contributed by atoms with E-state index in [9.17, 15) is 19.5 Å². The van der Waals surface area contributed by atoms with Gasteiger partial charge in [0.15, 0.2) is 0 Å². The van der Waals surface area contributed by atoms with E-state index in [1.165, 1.54) is 0 Å². The molecule has 8 heteroatoms. The van der Waals surface area contributed by atoms with Crippen LogP contribution in [-0.2, 0) is 9.53 Å². The van der Waals surface area contributed by atoms with Crippen LogP contribution in [-0.4, -0.2) is 59.3 Å². The summed E-state index contributed by atoms with van der Waals surface area (Å²) < 4.78 is 10.4. The van der Waals surface area contributed by atoms with E-state index in [1.54, 1.807) is 31.2 Å². The average molecular weight is 378 g/mol. The highest BCUT2D eigenvalue weighted by atomic mass is 16.5. The van der Waals surface area contributed by atoms with Crippen LogP contribution in [0.5, 0.6) is 5.75 Å². The minimum atomic E-state index is -1.03. The highest BCUT2D eigenvalue weighted by molar-refractivity contribution is 6.07. The zero-order valence-electron chi connectivity index (χ0n) is 15.9. The summed E-state index contributed by atoms with van der Waals surface area (Å²) in [6.45, 7) is 5.46. The van der Waals surface area contributed by atoms with Crippen molar-refractivity contribution in [1.29, 1.82) is 0 Å². The number of rotatable bonds is 9. The molecule has 0 bridgehead atoms. The van der Waals surface area contributed by atoms with Crippen LogP contribution in [0.3, 0.4) is 0 Å². The van der Waals surface area contributed by atoms with Crippen LogP contribution in [0.4, 0.5) is 4.79 Å². The Morgan fingerprint density at radius 2 is 1.81 bits per heavy atom. The van der Waals surface area contributed by atoms with E-state index in [2.05, 4.69) is 5.32 Å². The Morgan fingerprint density at radius 1 is 1.19 bits per heavy atom. The van der Waals surface area contributed by atoms with Gasteiger partial charge in [0.2, 0.25) is 0 Å². The van der Waals surface area contributed by atoms with Crippen LogP contribution in [0.1, 0.15) is 44.0 Å². The molecule has 1 aliphatic rings. The van der Waals surface area contributed by atoms with Crippen LogP contribution in [0, 0.1) is 0 Å². The number of nitrogens with zero attached hydrogens (tertiary/aromatic N) is 1. The fourth-order valence-electron chi connectivity index (χ4n) is 2.93. The van der Waals surface area contributed by atoms with E-state index in [4.69, 9.17) is 9.47 Å². The summed E-state index contributed by atoms with van der Waals surface area (Å²) in [6, 6.07) is 5.81. The Hall–Kier alpha value is -2.61. The summed E-state index contributed by atoms with van der Waals surface area (Å²) in [6.07, 6.45) is -0.0533. The number of hydrogen-bond acceptors (Lipinski definition) is 6. The second-order valence-corrected chi connectivity index (χ2v) is 6.34. The third kappa shape index (κ3) is 4.57. The number of aliphatic hydroxyl groups excluding tert-OH is 1. The van der Waals surface area contributed by atoms with Gasteiger partial charge in [0, 0.05) is 0 Å². The molecule has 148 valence electrons. The number of carbonyl (C=O) groups excluding carboxylic acids is 3. The predicted molar refractivity (Wildman–Crippen MR) is 97.5 cm³/mol. The fraction of sp³-hybridized carbons (Fsp3) is 0.526. The predicted octanol–water partition coefficient (Wildman–Crippen LogP) is 1.71. The molecular formula is C19H26N2O6. The van der Waals surface area contributed by atoms with Gasteiger partial charge in [-0.25, -0.2) is 9.59 Å². The molecule has 1 saturated heterocycles. The highest BCUT2D eigenvalue weighted by Crippen LogP contribution is 2.25. The SMILES string of the molecule is CCOC(=O)c1ccc(OCC(O)CN2C(=O)NC(CC)(CC)C2=O)cc1. The maximum atomic E-state index is 12.5. The van der Waals surface area contributed by atoms with Crippen molar-refractivity contribution in [1.82, 2.24) is 10.2 Å². The third-order valence-electron chi connectivity index (χ3n) is 4.65. The lowest BCUT2D eigenvalue weighted by Gasteiger charge is -2.24. The van der Waals surface area contributed by atoms with Crippen LogP contribution < -0.4 is 10.1 Å². The molecule has 1 aromatic rings. The number of aliphatic hydroxyl groups is 1. The normalized spacial score (nSPS) is 16.8. The van der Waals surface area contributed by atoms with E-state index >= 15 is 0 Å². The average Bonchev–Trinajstić information content (AvgIpc) is 2.91. The first-order valence-corrected chi connectivity index (χ1v) is 9.09. The van der Waals surface area contributed by atoms with Gasteiger partial charge in [-0.05, 0) is 44.0 Å². The number of nitrogens with one attached hydrogen (secondary N) is 1. The largest absolute Gasteiger partial charge is 0.491 e. The monoisotopic (exact) mass is 378 g/mol. The summed E-state index contributed by atoms with van der Waals surface area (Å²) in [5.74, 6) is -0.288. The van der Waals surface area contributed by atoms with E-state index in [1.807, 2.05) is 13.8 Å². The maximum absolute atomic E-state index is 12.5. The molecule has 3 amide bonds. The standard InChI is InChI=1S/C19H26N2O6/c1-4-19(5-2)17(24)21(18(25)20-19)11-14(22)12-27-15-9-7-13(8-10-15)16(23)26-6-3/h7-10,14,22H,4-6,11-12H2,1-3H3,(H,20,25). The molecule has 0 saturated carbocycles. The van der Waals surface area contributed by atoms with Crippen molar-refractivity contribution >= 4 is 17.9 Å². The Kier molecular flexibility index (Phi) is 6.79. The second kappa shape index (κ2) is 8.85. The van der Waals surface area contributed by atoms with Gasteiger partial charge >= 0.3 is 12.0 Å². The summed E-state index contributed by atoms with van der Waals surface area (Å²) in [5, 5.41) is 12.9. The summed E-state index contributed by atoms with van der Waals surface area (Å²) in [4.78, 5) is 37.2. The van der Waals surface area contributed by atoms with Gasteiger partial charge in [0.1, 0.15) is 24.0 Å². The number of β-amino-alcohol motifs (C(OH)–C–C–N with tert-alkyl or cyclic N) is 1. The molecule has 1 heterocycles. The molecule has 0 aliphatic carbocycles. The first kappa shape index (κ1) is 20.7. The first-order valence-electron chi connectivity index (χ1n) is 9.09. The number of esters is 1. The second-order valence-electron chi connectivity index (χ2n) is 6.34. The van der Waals surface area contributed by atoms with Crippen LogP contribution in [0.15, 0.2) is 24.3 Å². The highest BCUT2D eigenvalue weighted by Gasteiger charge is 2.48. The molecule has 0 spiro atoms. The molecule has 2 rings (SSSR count). The topological polar surface area (TPSA) is 105 Å². The number of benzene rings is 1. The van der Waals surface area contributed by atoms with Gasteiger partial charge in [0.25, 0.3) is 5.91 Å². The van der Waals surface area contributed by atoms with Gasteiger partial charge < -0.3 is 19.9 Å². The van der Waals surface area contributed by atoms with Crippen molar-refractivity contribution in [3.8, 4) is 5.75 Å². The number of urea groups is 1. The fourth-order valence-corrected chi connectivity index (χ4v) is 2.93. The van der Waals surface area contributed by atoms with Gasteiger partial charge in [0.05, 0.1) is 18.7 Å².